The van der Waals surface area contributed by atoms with Gasteiger partial charge in [-0.1, -0.05) is 64.8 Å². The molecule has 0 spiro atoms. The van der Waals surface area contributed by atoms with E-state index in [0.717, 1.165) is 17.8 Å². The van der Waals surface area contributed by atoms with Gasteiger partial charge in [-0.05, 0) is 98.2 Å². The van der Waals surface area contributed by atoms with E-state index in [4.69, 9.17) is 5.73 Å². The highest BCUT2D eigenvalue weighted by molar-refractivity contribution is 5.30. The van der Waals surface area contributed by atoms with Crippen LogP contribution in [0.3, 0.4) is 0 Å². The number of hydrogen-bond acceptors (Lipinski definition) is 1. The lowest BCUT2D eigenvalue weighted by molar-refractivity contribution is -0.0481. The standard InChI is InChI=1S/C27H45N/c1-19-10-15-25(5)20(18-19)8-9-21-22(25)11-16-26(6)23(21)12-17-27(26,28)14-7-13-24(2,3)4/h8,21-23H,1,7,9-18,28H2,2-6H3/t21?,22?,23?,25?,26?,27-/m1/s1. The molecule has 0 radical (unpaired) electrons. The molecule has 6 atom stereocenters. The molecule has 1 heteroatoms. The minimum atomic E-state index is 0.0691. The number of rotatable bonds is 3. The summed E-state index contributed by atoms with van der Waals surface area (Å²) in [6.07, 6.45) is 16.9. The fourth-order valence-corrected chi connectivity index (χ4v) is 8.09. The van der Waals surface area contributed by atoms with Crippen LogP contribution >= 0.6 is 0 Å². The molecule has 0 saturated heterocycles. The first-order chi connectivity index (χ1) is 13.0. The Kier molecular flexibility index (Phi) is 4.97. The summed E-state index contributed by atoms with van der Waals surface area (Å²) in [6, 6.07) is 0. The van der Waals surface area contributed by atoms with E-state index in [2.05, 4.69) is 47.3 Å². The second kappa shape index (κ2) is 6.73. The van der Waals surface area contributed by atoms with Crippen LogP contribution in [0.2, 0.25) is 0 Å². The lowest BCUT2D eigenvalue weighted by Crippen LogP contribution is -2.58. The van der Waals surface area contributed by atoms with E-state index in [1.165, 1.54) is 76.2 Å². The van der Waals surface area contributed by atoms with Crippen molar-refractivity contribution in [1.82, 2.24) is 0 Å². The van der Waals surface area contributed by atoms with E-state index in [9.17, 15) is 0 Å². The molecule has 4 rings (SSSR count). The van der Waals surface area contributed by atoms with Crippen LogP contribution < -0.4 is 5.73 Å². The molecule has 0 aliphatic heterocycles. The number of fused-ring (bicyclic) bond motifs is 5. The third-order valence-corrected chi connectivity index (χ3v) is 10.0. The van der Waals surface area contributed by atoms with Gasteiger partial charge in [-0.15, -0.1) is 0 Å². The maximum Gasteiger partial charge on any atom is 0.0211 e. The Hall–Kier alpha value is -0.560. The van der Waals surface area contributed by atoms with Crippen LogP contribution in [0.1, 0.15) is 105 Å². The van der Waals surface area contributed by atoms with Gasteiger partial charge in [-0.3, -0.25) is 0 Å². The van der Waals surface area contributed by atoms with Gasteiger partial charge < -0.3 is 5.73 Å². The van der Waals surface area contributed by atoms with Gasteiger partial charge >= 0.3 is 0 Å². The Morgan fingerprint density at radius 1 is 1.11 bits per heavy atom. The zero-order valence-electron chi connectivity index (χ0n) is 19.4. The molecule has 0 bridgehead atoms. The van der Waals surface area contributed by atoms with Gasteiger partial charge in [0.1, 0.15) is 0 Å². The molecule has 1 nitrogen and oxygen atoms in total. The molecule has 4 aliphatic rings. The fraction of sp³-hybridized carbons (Fsp3) is 0.852. The predicted octanol–water partition coefficient (Wildman–Crippen LogP) is 7.42. The summed E-state index contributed by atoms with van der Waals surface area (Å²) in [5, 5.41) is 0. The highest BCUT2D eigenvalue weighted by atomic mass is 14.8. The Bertz CT molecular complexity index is 666. The van der Waals surface area contributed by atoms with Crippen LogP contribution in [0.4, 0.5) is 0 Å². The fourth-order valence-electron chi connectivity index (χ4n) is 8.09. The SMILES string of the molecule is C=C1CCC2(C)C(=CCC3C2CCC2(C)C3CC[C@]2(N)CCCC(C)(C)C)C1. The van der Waals surface area contributed by atoms with E-state index < -0.39 is 0 Å². The molecular weight excluding hydrogens is 338 g/mol. The molecule has 28 heavy (non-hydrogen) atoms. The summed E-state index contributed by atoms with van der Waals surface area (Å²) >= 11 is 0. The van der Waals surface area contributed by atoms with E-state index >= 15 is 0 Å². The van der Waals surface area contributed by atoms with Crippen LogP contribution in [-0.4, -0.2) is 5.54 Å². The van der Waals surface area contributed by atoms with Crippen molar-refractivity contribution in [3.8, 4) is 0 Å². The Balaban J connectivity index is 1.54. The topological polar surface area (TPSA) is 26.0 Å². The molecule has 0 amide bonds. The molecule has 2 N–H and O–H groups in total. The first-order valence-corrected chi connectivity index (χ1v) is 12.1. The Morgan fingerprint density at radius 3 is 2.54 bits per heavy atom. The quantitative estimate of drug-likeness (QED) is 0.504. The summed E-state index contributed by atoms with van der Waals surface area (Å²) in [7, 11) is 0. The van der Waals surface area contributed by atoms with Crippen molar-refractivity contribution in [3.63, 3.8) is 0 Å². The van der Waals surface area contributed by atoms with E-state index in [1.807, 2.05) is 0 Å². The van der Waals surface area contributed by atoms with Crippen molar-refractivity contribution in [2.75, 3.05) is 0 Å². The molecule has 0 aromatic rings. The molecule has 0 aromatic heterocycles. The summed E-state index contributed by atoms with van der Waals surface area (Å²) in [5.41, 5.74) is 11.7. The lowest BCUT2D eigenvalue weighted by atomic mass is 9.46. The average Bonchev–Trinajstić information content (AvgIpc) is 2.86. The van der Waals surface area contributed by atoms with E-state index in [-0.39, 0.29) is 5.54 Å². The van der Waals surface area contributed by atoms with Gasteiger partial charge in [0, 0.05) is 5.54 Å². The van der Waals surface area contributed by atoms with Crippen molar-refractivity contribution in [3.05, 3.63) is 23.8 Å². The zero-order chi connectivity index (χ0) is 20.4. The van der Waals surface area contributed by atoms with Crippen LogP contribution in [0.15, 0.2) is 23.8 Å². The molecule has 0 aromatic carbocycles. The van der Waals surface area contributed by atoms with E-state index in [0.29, 0.717) is 16.2 Å². The maximum absolute atomic E-state index is 7.26. The van der Waals surface area contributed by atoms with Crippen molar-refractivity contribution in [2.45, 2.75) is 111 Å². The van der Waals surface area contributed by atoms with Crippen molar-refractivity contribution < 1.29 is 0 Å². The average molecular weight is 384 g/mol. The summed E-state index contributed by atoms with van der Waals surface area (Å²) in [6.45, 7) is 16.6. The number of allylic oxidation sites excluding steroid dienone is 3. The predicted molar refractivity (Wildman–Crippen MR) is 121 cm³/mol. The Labute approximate surface area is 174 Å². The zero-order valence-corrected chi connectivity index (χ0v) is 19.4. The van der Waals surface area contributed by atoms with Crippen molar-refractivity contribution in [2.24, 2.45) is 39.7 Å². The smallest absolute Gasteiger partial charge is 0.0211 e. The number of hydrogen-bond donors (Lipinski definition) is 1. The third kappa shape index (κ3) is 3.15. The molecular formula is C27H45N. The Morgan fingerprint density at radius 2 is 1.82 bits per heavy atom. The van der Waals surface area contributed by atoms with Gasteiger partial charge in [0.15, 0.2) is 0 Å². The lowest BCUT2D eigenvalue weighted by Gasteiger charge is -2.59. The molecule has 0 heterocycles. The van der Waals surface area contributed by atoms with Crippen LogP contribution in [0.25, 0.3) is 0 Å². The second-order valence-electron chi connectivity index (χ2n) is 12.8. The second-order valence-corrected chi connectivity index (χ2v) is 12.8. The molecule has 3 saturated carbocycles. The first-order valence-electron chi connectivity index (χ1n) is 12.1. The van der Waals surface area contributed by atoms with Gasteiger partial charge in [-0.2, -0.15) is 0 Å². The summed E-state index contributed by atoms with van der Waals surface area (Å²) in [5.74, 6) is 2.59. The molecule has 5 unspecified atom stereocenters. The van der Waals surface area contributed by atoms with E-state index in [1.54, 1.807) is 5.57 Å². The van der Waals surface area contributed by atoms with Crippen molar-refractivity contribution >= 4 is 0 Å². The summed E-state index contributed by atoms with van der Waals surface area (Å²) < 4.78 is 0. The minimum absolute atomic E-state index is 0.0691. The number of nitrogens with two attached hydrogens (primary N) is 1. The highest BCUT2D eigenvalue weighted by Crippen LogP contribution is 2.67. The minimum Gasteiger partial charge on any atom is -0.325 e. The molecule has 158 valence electrons. The highest BCUT2D eigenvalue weighted by Gasteiger charge is 2.62. The van der Waals surface area contributed by atoms with Crippen LogP contribution in [0, 0.1) is 34.0 Å². The van der Waals surface area contributed by atoms with Gasteiger partial charge in [0.05, 0.1) is 0 Å². The van der Waals surface area contributed by atoms with Crippen LogP contribution in [-0.2, 0) is 0 Å². The van der Waals surface area contributed by atoms with Gasteiger partial charge in [0.2, 0.25) is 0 Å². The summed E-state index contributed by atoms with van der Waals surface area (Å²) in [4.78, 5) is 0. The molecule has 4 aliphatic carbocycles. The first kappa shape index (κ1) is 20.7. The normalized spacial score (nSPS) is 45.9. The van der Waals surface area contributed by atoms with Gasteiger partial charge in [0.25, 0.3) is 0 Å². The molecule has 3 fully saturated rings. The largest absolute Gasteiger partial charge is 0.325 e. The monoisotopic (exact) mass is 383 g/mol. The van der Waals surface area contributed by atoms with Gasteiger partial charge in [-0.25, -0.2) is 0 Å². The third-order valence-electron chi connectivity index (χ3n) is 10.0. The van der Waals surface area contributed by atoms with Crippen molar-refractivity contribution in [1.29, 1.82) is 0 Å². The van der Waals surface area contributed by atoms with Crippen LogP contribution in [0.5, 0.6) is 0 Å². The maximum atomic E-state index is 7.26.